The van der Waals surface area contributed by atoms with E-state index in [2.05, 4.69) is 21.7 Å². The van der Waals surface area contributed by atoms with Crippen LogP contribution >= 0.6 is 0 Å². The molecule has 0 unspecified atom stereocenters. The van der Waals surface area contributed by atoms with E-state index in [0.29, 0.717) is 17.1 Å². The molecule has 0 aliphatic carbocycles. The van der Waals surface area contributed by atoms with E-state index in [-0.39, 0.29) is 50.1 Å². The van der Waals surface area contributed by atoms with Gasteiger partial charge in [0.1, 0.15) is 0 Å². The summed E-state index contributed by atoms with van der Waals surface area (Å²) in [5.41, 5.74) is 3.36. The molecule has 1 aromatic heterocycles. The number of carbonyl (C=O) groups is 1. The van der Waals surface area contributed by atoms with Gasteiger partial charge in [0.15, 0.2) is 5.69 Å². The number of methoxy groups -OCH3 is 1. The van der Waals surface area contributed by atoms with Gasteiger partial charge >= 0.3 is 31.1 Å². The molecule has 3 aromatic rings. The molecule has 3 rings (SSSR count). The summed E-state index contributed by atoms with van der Waals surface area (Å²) in [7, 11) is 1.58. The predicted molar refractivity (Wildman–Crippen MR) is 97.0 cm³/mol. The van der Waals surface area contributed by atoms with Crippen molar-refractivity contribution in [3.05, 3.63) is 72.9 Å². The molecule has 7 heteroatoms. The molecule has 132 valence electrons. The fourth-order valence-electron chi connectivity index (χ4n) is 2.43. The Hall–Kier alpha value is -2.10. The molecule has 0 saturated heterocycles. The Morgan fingerprint density at radius 3 is 2.73 bits per heavy atom. The van der Waals surface area contributed by atoms with E-state index in [1.54, 1.807) is 36.9 Å². The summed E-state index contributed by atoms with van der Waals surface area (Å²) in [6.45, 7) is 3.76. The number of nitrogens with zero attached hydrogens (tertiary/aromatic N) is 3. The van der Waals surface area contributed by atoms with Crippen molar-refractivity contribution in [3.8, 4) is 11.4 Å². The molecule has 0 aliphatic heterocycles. The molecule has 1 N–H and O–H groups in total. The van der Waals surface area contributed by atoms with Gasteiger partial charge in [-0.2, -0.15) is 12.1 Å². The molecule has 0 spiro atoms. The fourth-order valence-corrected chi connectivity index (χ4v) is 2.43. The first-order chi connectivity index (χ1) is 11.6. The number of amides is 1. The van der Waals surface area contributed by atoms with Gasteiger partial charge in [-0.25, -0.2) is 0 Å². The van der Waals surface area contributed by atoms with Crippen molar-refractivity contribution in [2.45, 2.75) is 13.8 Å². The van der Waals surface area contributed by atoms with Crippen LogP contribution in [-0.2, 0) is 0 Å². The number of hydrogen-bond acceptors (Lipinski definition) is 4. The topological polar surface area (TPSA) is 69.0 Å². The zero-order valence-electron chi connectivity index (χ0n) is 15.2. The van der Waals surface area contributed by atoms with Gasteiger partial charge < -0.3 is 17.5 Å². The zero-order chi connectivity index (χ0) is 17.1. The van der Waals surface area contributed by atoms with Crippen LogP contribution in [0.2, 0.25) is 0 Å². The molecule has 0 fully saturated rings. The molecule has 2 aromatic carbocycles. The molecule has 0 atom stereocenters. The third-order valence-corrected chi connectivity index (χ3v) is 3.64. The van der Waals surface area contributed by atoms with Crippen LogP contribution in [0.4, 0.5) is 5.69 Å². The van der Waals surface area contributed by atoms with E-state index in [9.17, 15) is 4.79 Å². The summed E-state index contributed by atoms with van der Waals surface area (Å²) >= 11 is 0. The van der Waals surface area contributed by atoms with Crippen LogP contribution in [0.15, 0.2) is 42.5 Å². The predicted octanol–water partition coefficient (Wildman–Crippen LogP) is 3.40. The fraction of sp³-hybridized carbons (Fsp3) is 0.158. The Morgan fingerprint density at radius 2 is 2.04 bits per heavy atom. The van der Waals surface area contributed by atoms with Gasteiger partial charge in [-0.05, 0) is 37.2 Å². The third kappa shape index (κ3) is 4.54. The van der Waals surface area contributed by atoms with Crippen LogP contribution in [0.5, 0.6) is 5.75 Å². The molecule has 0 aliphatic rings. The van der Waals surface area contributed by atoms with Gasteiger partial charge in [0.25, 0.3) is 5.91 Å². The third-order valence-electron chi connectivity index (χ3n) is 3.64. The van der Waals surface area contributed by atoms with Crippen LogP contribution < -0.4 is 10.1 Å². The SMILES string of the molecule is COc1cc[c-]cc1-n1nnc(C(=O)Nc2cccc(C)c2)c1C.[CH3-].[U+2]. The largest absolute Gasteiger partial charge is 2.00 e. The van der Waals surface area contributed by atoms with Crippen molar-refractivity contribution in [3.63, 3.8) is 0 Å². The Kier molecular flexibility index (Phi) is 8.07. The standard InChI is InChI=1S/C18H17N4O2.CH3.U/c1-12-7-6-8-14(11-12)19-18(23)17-13(2)22(21-20-17)15-9-4-5-10-16(15)24-3;;/h5-11H,1-3H3,(H,19,23);1H3;/q2*-1;+2. The molecule has 0 saturated carbocycles. The molecule has 0 radical (unpaired) electrons. The smallest absolute Gasteiger partial charge is 0.520 e. The Morgan fingerprint density at radius 1 is 1.27 bits per heavy atom. The normalized spacial score (nSPS) is 9.65. The van der Waals surface area contributed by atoms with Crippen LogP contribution in [0.25, 0.3) is 5.69 Å². The minimum Gasteiger partial charge on any atom is -0.520 e. The number of aromatic nitrogens is 3. The second kappa shape index (κ2) is 9.56. The van der Waals surface area contributed by atoms with E-state index in [1.165, 1.54) is 0 Å². The van der Waals surface area contributed by atoms with Crippen molar-refractivity contribution >= 4 is 11.6 Å². The minimum absolute atomic E-state index is 0. The molecular weight excluding hydrogens is 554 g/mol. The number of hydrogen-bond donors (Lipinski definition) is 1. The average molecular weight is 574 g/mol. The van der Waals surface area contributed by atoms with Crippen molar-refractivity contribution in [2.24, 2.45) is 0 Å². The van der Waals surface area contributed by atoms with E-state index < -0.39 is 0 Å². The first-order valence-electron chi connectivity index (χ1n) is 7.45. The number of aryl methyl sites for hydroxylation is 1. The molecule has 26 heavy (non-hydrogen) atoms. The number of nitrogens with one attached hydrogen (secondary N) is 1. The minimum atomic E-state index is -0.303. The molecule has 0 bridgehead atoms. The summed E-state index contributed by atoms with van der Waals surface area (Å²) < 4.78 is 6.89. The number of carbonyl (C=O) groups excluding carboxylic acids is 1. The number of rotatable bonds is 4. The van der Waals surface area contributed by atoms with Crippen molar-refractivity contribution in [1.82, 2.24) is 15.0 Å². The van der Waals surface area contributed by atoms with E-state index in [1.807, 2.05) is 31.2 Å². The monoisotopic (exact) mass is 574 g/mol. The second-order valence-corrected chi connectivity index (χ2v) is 5.36. The molecular formula is C19H20N4O2U. The summed E-state index contributed by atoms with van der Waals surface area (Å²) in [6, 6.07) is 15.8. The average Bonchev–Trinajstić information content (AvgIpc) is 2.96. The van der Waals surface area contributed by atoms with Gasteiger partial charge in [0.2, 0.25) is 0 Å². The Labute approximate surface area is 177 Å². The van der Waals surface area contributed by atoms with Gasteiger partial charge in [0.05, 0.1) is 12.8 Å². The summed E-state index contributed by atoms with van der Waals surface area (Å²) in [5.74, 6) is 0.329. The number of benzene rings is 2. The summed E-state index contributed by atoms with van der Waals surface area (Å²) in [4.78, 5) is 12.5. The van der Waals surface area contributed by atoms with Gasteiger partial charge in [0, 0.05) is 11.4 Å². The Bertz CT molecular complexity index is 893. The maximum Gasteiger partial charge on any atom is 2.00 e. The van der Waals surface area contributed by atoms with Crippen molar-refractivity contribution in [1.29, 1.82) is 0 Å². The summed E-state index contributed by atoms with van der Waals surface area (Å²) in [5, 5.41) is 10.9. The molecule has 1 amide bonds. The summed E-state index contributed by atoms with van der Waals surface area (Å²) in [6.07, 6.45) is 0. The Balaban J connectivity index is 0.00000169. The quantitative estimate of drug-likeness (QED) is 0.486. The molecule has 1 heterocycles. The molecule has 6 nitrogen and oxygen atoms in total. The number of ether oxygens (including phenoxy) is 1. The van der Waals surface area contributed by atoms with Gasteiger partial charge in [-0.3, -0.25) is 9.48 Å². The van der Waals surface area contributed by atoms with Gasteiger partial charge in [-0.15, -0.1) is 17.2 Å². The van der Waals surface area contributed by atoms with Crippen LogP contribution in [0.3, 0.4) is 0 Å². The first-order valence-corrected chi connectivity index (χ1v) is 7.45. The van der Waals surface area contributed by atoms with Crippen LogP contribution in [0, 0.1) is 58.5 Å². The van der Waals surface area contributed by atoms with E-state index >= 15 is 0 Å². The first kappa shape index (κ1) is 21.9. The second-order valence-electron chi connectivity index (χ2n) is 5.36. The zero-order valence-corrected chi connectivity index (χ0v) is 19.4. The number of anilines is 1. The van der Waals surface area contributed by atoms with Gasteiger partial charge in [-0.1, -0.05) is 17.3 Å². The van der Waals surface area contributed by atoms with Crippen LogP contribution in [-0.4, -0.2) is 28.0 Å². The van der Waals surface area contributed by atoms with E-state index in [0.717, 1.165) is 11.3 Å². The van der Waals surface area contributed by atoms with Crippen molar-refractivity contribution < 1.29 is 40.6 Å². The van der Waals surface area contributed by atoms with Crippen LogP contribution in [0.1, 0.15) is 21.7 Å². The van der Waals surface area contributed by atoms with Crippen molar-refractivity contribution in [2.75, 3.05) is 12.4 Å². The maximum atomic E-state index is 12.5. The maximum absolute atomic E-state index is 12.5. The van der Waals surface area contributed by atoms with E-state index in [4.69, 9.17) is 4.74 Å².